The molecule has 0 atom stereocenters. The minimum Gasteiger partial charge on any atom is -0.319 e. The lowest BCUT2D eigenvalue weighted by Gasteiger charge is -2.01. The van der Waals surface area contributed by atoms with Crippen LogP contribution >= 0.6 is 0 Å². The predicted octanol–water partition coefficient (Wildman–Crippen LogP) is 1.86. The molecule has 1 heterocycles. The maximum atomic E-state index is 4.60. The summed E-state index contributed by atoms with van der Waals surface area (Å²) in [4.78, 5) is 4.60. The fourth-order valence-corrected chi connectivity index (χ4v) is 1.87. The Morgan fingerprint density at radius 2 is 2.00 bits per heavy atom. The van der Waals surface area contributed by atoms with Crippen LogP contribution in [0.15, 0.2) is 18.2 Å². The maximum Gasteiger partial charge on any atom is 0.181 e. The van der Waals surface area contributed by atoms with Gasteiger partial charge >= 0.3 is 0 Å². The molecule has 4 heteroatoms. The number of nitrogens with zero attached hydrogens (tertiary/aromatic N) is 3. The standard InChI is InChI=1S/C14H20N4/c1-10-5-6-12(9-11(10)2)14-16-13(7-8-15-3)18(4)17-14/h5-6,9,15H,7-8H2,1-4H3. The zero-order valence-electron chi connectivity index (χ0n) is 11.5. The van der Waals surface area contributed by atoms with Crippen molar-refractivity contribution in [2.75, 3.05) is 13.6 Å². The van der Waals surface area contributed by atoms with E-state index in [1.165, 1.54) is 11.1 Å². The second-order valence-corrected chi connectivity index (χ2v) is 4.63. The van der Waals surface area contributed by atoms with Crippen LogP contribution in [-0.4, -0.2) is 28.4 Å². The highest BCUT2D eigenvalue weighted by Crippen LogP contribution is 2.19. The van der Waals surface area contributed by atoms with Crippen LogP contribution in [0.1, 0.15) is 17.0 Å². The fourth-order valence-electron chi connectivity index (χ4n) is 1.87. The van der Waals surface area contributed by atoms with Gasteiger partial charge in [0, 0.05) is 25.6 Å². The zero-order valence-corrected chi connectivity index (χ0v) is 11.5. The van der Waals surface area contributed by atoms with Crippen LogP contribution in [0.5, 0.6) is 0 Å². The third-order valence-corrected chi connectivity index (χ3v) is 3.22. The lowest BCUT2D eigenvalue weighted by Crippen LogP contribution is -2.13. The molecule has 0 bridgehead atoms. The monoisotopic (exact) mass is 244 g/mol. The Morgan fingerprint density at radius 1 is 1.22 bits per heavy atom. The molecule has 0 aliphatic carbocycles. The van der Waals surface area contributed by atoms with E-state index < -0.39 is 0 Å². The highest BCUT2D eigenvalue weighted by atomic mass is 15.3. The number of rotatable bonds is 4. The summed E-state index contributed by atoms with van der Waals surface area (Å²) in [7, 11) is 3.89. The van der Waals surface area contributed by atoms with Crippen molar-refractivity contribution in [3.05, 3.63) is 35.2 Å². The molecule has 0 aliphatic rings. The number of hydrogen-bond donors (Lipinski definition) is 1. The molecule has 2 rings (SSSR count). The first kappa shape index (κ1) is 12.8. The van der Waals surface area contributed by atoms with E-state index in [9.17, 15) is 0 Å². The lowest BCUT2D eigenvalue weighted by atomic mass is 10.1. The first-order valence-electron chi connectivity index (χ1n) is 6.24. The number of likely N-dealkylation sites (N-methyl/N-ethyl adjacent to an activating group) is 1. The summed E-state index contributed by atoms with van der Waals surface area (Å²) in [6.07, 6.45) is 0.894. The first-order valence-corrected chi connectivity index (χ1v) is 6.24. The van der Waals surface area contributed by atoms with E-state index in [0.29, 0.717) is 0 Å². The van der Waals surface area contributed by atoms with Crippen molar-refractivity contribution < 1.29 is 0 Å². The van der Waals surface area contributed by atoms with Crippen LogP contribution in [0, 0.1) is 13.8 Å². The molecule has 0 radical (unpaired) electrons. The molecule has 0 spiro atoms. The van der Waals surface area contributed by atoms with E-state index in [2.05, 4.69) is 47.4 Å². The zero-order chi connectivity index (χ0) is 13.1. The van der Waals surface area contributed by atoms with Crippen LogP contribution in [0.2, 0.25) is 0 Å². The van der Waals surface area contributed by atoms with Gasteiger partial charge in [-0.3, -0.25) is 4.68 Å². The number of aryl methyl sites for hydroxylation is 3. The largest absolute Gasteiger partial charge is 0.319 e. The number of aromatic nitrogens is 3. The summed E-state index contributed by atoms with van der Waals surface area (Å²) in [6, 6.07) is 6.35. The van der Waals surface area contributed by atoms with Gasteiger partial charge in [0.05, 0.1) is 0 Å². The second kappa shape index (κ2) is 5.31. The minimum absolute atomic E-state index is 0.812. The third kappa shape index (κ3) is 2.59. The van der Waals surface area contributed by atoms with Gasteiger partial charge in [-0.25, -0.2) is 4.98 Å². The van der Waals surface area contributed by atoms with Gasteiger partial charge in [0.15, 0.2) is 5.82 Å². The first-order chi connectivity index (χ1) is 8.61. The van der Waals surface area contributed by atoms with Crippen molar-refractivity contribution in [2.45, 2.75) is 20.3 Å². The van der Waals surface area contributed by atoms with Crippen molar-refractivity contribution in [1.82, 2.24) is 20.1 Å². The van der Waals surface area contributed by atoms with Crippen molar-refractivity contribution in [2.24, 2.45) is 7.05 Å². The summed E-state index contributed by atoms with van der Waals surface area (Å²) >= 11 is 0. The molecular weight excluding hydrogens is 224 g/mol. The normalized spacial score (nSPS) is 10.9. The third-order valence-electron chi connectivity index (χ3n) is 3.22. The van der Waals surface area contributed by atoms with Crippen LogP contribution < -0.4 is 5.32 Å². The van der Waals surface area contributed by atoms with Crippen molar-refractivity contribution in [1.29, 1.82) is 0 Å². The van der Waals surface area contributed by atoms with E-state index in [4.69, 9.17) is 0 Å². The Bertz CT molecular complexity index is 543. The van der Waals surface area contributed by atoms with Gasteiger partial charge in [-0.1, -0.05) is 12.1 Å². The predicted molar refractivity (Wildman–Crippen MR) is 73.5 cm³/mol. The summed E-state index contributed by atoms with van der Waals surface area (Å²) in [5, 5.41) is 7.61. The molecule has 0 saturated carbocycles. The Balaban J connectivity index is 2.30. The highest BCUT2D eigenvalue weighted by Gasteiger charge is 2.09. The Labute approximate surface area is 108 Å². The van der Waals surface area contributed by atoms with Gasteiger partial charge in [-0.2, -0.15) is 5.10 Å². The van der Waals surface area contributed by atoms with Crippen molar-refractivity contribution in [3.8, 4) is 11.4 Å². The molecule has 0 saturated heterocycles. The minimum atomic E-state index is 0.812. The lowest BCUT2D eigenvalue weighted by molar-refractivity contribution is 0.671. The number of nitrogens with one attached hydrogen (secondary N) is 1. The molecule has 4 nitrogen and oxygen atoms in total. The molecule has 1 N–H and O–H groups in total. The molecule has 18 heavy (non-hydrogen) atoms. The van der Waals surface area contributed by atoms with Crippen molar-refractivity contribution in [3.63, 3.8) is 0 Å². The molecule has 0 fully saturated rings. The SMILES string of the molecule is CNCCc1nc(-c2ccc(C)c(C)c2)nn1C. The number of benzene rings is 1. The fraction of sp³-hybridized carbons (Fsp3) is 0.429. The van der Waals surface area contributed by atoms with Gasteiger partial charge in [-0.05, 0) is 38.1 Å². The molecule has 0 aliphatic heterocycles. The van der Waals surface area contributed by atoms with Gasteiger partial charge in [-0.15, -0.1) is 0 Å². The highest BCUT2D eigenvalue weighted by molar-refractivity contribution is 5.56. The van der Waals surface area contributed by atoms with Gasteiger partial charge < -0.3 is 5.32 Å². The van der Waals surface area contributed by atoms with E-state index in [1.54, 1.807) is 0 Å². The van der Waals surface area contributed by atoms with Crippen molar-refractivity contribution >= 4 is 0 Å². The molecule has 1 aromatic carbocycles. The quantitative estimate of drug-likeness (QED) is 0.892. The smallest absolute Gasteiger partial charge is 0.181 e. The molecule has 2 aromatic rings. The average molecular weight is 244 g/mol. The van der Waals surface area contributed by atoms with Crippen LogP contribution in [0.3, 0.4) is 0 Å². The Morgan fingerprint density at radius 3 is 2.67 bits per heavy atom. The molecule has 96 valence electrons. The van der Waals surface area contributed by atoms with E-state index in [-0.39, 0.29) is 0 Å². The van der Waals surface area contributed by atoms with Gasteiger partial charge in [0.2, 0.25) is 0 Å². The van der Waals surface area contributed by atoms with Crippen LogP contribution in [0.25, 0.3) is 11.4 Å². The van der Waals surface area contributed by atoms with Gasteiger partial charge in [0.25, 0.3) is 0 Å². The summed E-state index contributed by atoms with van der Waals surface area (Å²) in [5.41, 5.74) is 3.66. The molecular formula is C14H20N4. The maximum absolute atomic E-state index is 4.60. The molecule has 0 unspecified atom stereocenters. The van der Waals surface area contributed by atoms with Crippen LogP contribution in [0.4, 0.5) is 0 Å². The Hall–Kier alpha value is -1.68. The van der Waals surface area contributed by atoms with E-state index in [0.717, 1.165) is 30.2 Å². The summed E-state index contributed by atoms with van der Waals surface area (Å²) in [6.45, 7) is 5.14. The molecule has 0 amide bonds. The molecule has 1 aromatic heterocycles. The summed E-state index contributed by atoms with van der Waals surface area (Å²) in [5.74, 6) is 1.82. The van der Waals surface area contributed by atoms with Gasteiger partial charge in [0.1, 0.15) is 5.82 Å². The topological polar surface area (TPSA) is 42.7 Å². The van der Waals surface area contributed by atoms with E-state index in [1.807, 2.05) is 18.8 Å². The number of hydrogen-bond acceptors (Lipinski definition) is 3. The average Bonchev–Trinajstić information content (AvgIpc) is 2.72. The Kier molecular flexibility index (Phi) is 3.77. The van der Waals surface area contributed by atoms with Crippen LogP contribution in [-0.2, 0) is 13.5 Å². The summed E-state index contributed by atoms with van der Waals surface area (Å²) < 4.78 is 1.86. The second-order valence-electron chi connectivity index (χ2n) is 4.63. The van der Waals surface area contributed by atoms with E-state index >= 15 is 0 Å².